The fraction of sp³-hybridized carbons (Fsp3) is 0.562. The molecule has 0 bridgehead atoms. The van der Waals surface area contributed by atoms with Crippen molar-refractivity contribution in [1.29, 1.82) is 0 Å². The van der Waals surface area contributed by atoms with Crippen molar-refractivity contribution in [1.82, 2.24) is 10.2 Å². The van der Waals surface area contributed by atoms with Gasteiger partial charge in [0.05, 0.1) is 26.4 Å². The summed E-state index contributed by atoms with van der Waals surface area (Å²) >= 11 is 0. The average molecular weight is 290 g/mol. The van der Waals surface area contributed by atoms with E-state index in [0.717, 1.165) is 12.1 Å². The van der Waals surface area contributed by atoms with E-state index in [9.17, 15) is 4.79 Å². The van der Waals surface area contributed by atoms with E-state index in [4.69, 9.17) is 9.47 Å². The first-order valence-electron chi connectivity index (χ1n) is 7.48. The third-order valence-corrected chi connectivity index (χ3v) is 4.19. The topological polar surface area (TPSA) is 50.8 Å². The lowest BCUT2D eigenvalue weighted by Gasteiger charge is -2.42. The summed E-state index contributed by atoms with van der Waals surface area (Å²) in [5.74, 6) is 0.111. The van der Waals surface area contributed by atoms with Crippen molar-refractivity contribution in [3.8, 4) is 0 Å². The predicted octanol–water partition coefficient (Wildman–Crippen LogP) is 0.749. The molecule has 2 aliphatic heterocycles. The van der Waals surface area contributed by atoms with Crippen LogP contribution in [-0.2, 0) is 19.9 Å². The monoisotopic (exact) mass is 290 g/mol. The smallest absolute Gasteiger partial charge is 0.242 e. The Hall–Kier alpha value is -1.43. The van der Waals surface area contributed by atoms with E-state index in [1.165, 1.54) is 0 Å². The zero-order valence-electron chi connectivity index (χ0n) is 12.4. The lowest BCUT2D eigenvalue weighted by molar-refractivity contribution is -0.154. The van der Waals surface area contributed by atoms with E-state index < -0.39 is 5.60 Å². The molecule has 1 aromatic rings. The first kappa shape index (κ1) is 14.5. The molecule has 2 saturated heterocycles. The van der Waals surface area contributed by atoms with Gasteiger partial charge in [0, 0.05) is 13.1 Å². The Morgan fingerprint density at radius 1 is 1.33 bits per heavy atom. The van der Waals surface area contributed by atoms with Crippen LogP contribution in [0.4, 0.5) is 0 Å². The summed E-state index contributed by atoms with van der Waals surface area (Å²) in [6.45, 7) is 5.69. The summed E-state index contributed by atoms with van der Waals surface area (Å²) < 4.78 is 11.4. The van der Waals surface area contributed by atoms with Gasteiger partial charge >= 0.3 is 0 Å². The van der Waals surface area contributed by atoms with Crippen LogP contribution in [0.2, 0.25) is 0 Å². The van der Waals surface area contributed by atoms with Gasteiger partial charge in [-0.1, -0.05) is 30.3 Å². The molecule has 0 aliphatic carbocycles. The molecule has 2 fully saturated rings. The number of rotatable bonds is 2. The van der Waals surface area contributed by atoms with Crippen LogP contribution in [0.3, 0.4) is 0 Å². The van der Waals surface area contributed by atoms with Crippen LogP contribution < -0.4 is 5.32 Å². The minimum Gasteiger partial charge on any atom is -0.378 e. The van der Waals surface area contributed by atoms with Crippen molar-refractivity contribution in [3.63, 3.8) is 0 Å². The Bertz CT molecular complexity index is 488. The van der Waals surface area contributed by atoms with E-state index in [2.05, 4.69) is 17.4 Å². The van der Waals surface area contributed by atoms with Gasteiger partial charge in [0.1, 0.15) is 11.6 Å². The molecule has 0 aromatic heterocycles. The van der Waals surface area contributed by atoms with E-state index >= 15 is 0 Å². The Morgan fingerprint density at radius 3 is 2.86 bits per heavy atom. The number of nitrogens with zero attached hydrogens (tertiary/aromatic N) is 1. The molecule has 114 valence electrons. The number of amides is 1. The van der Waals surface area contributed by atoms with Crippen molar-refractivity contribution in [3.05, 3.63) is 35.9 Å². The number of carbonyl (C=O) groups excluding carboxylic acids is 1. The maximum absolute atomic E-state index is 12.6. The van der Waals surface area contributed by atoms with Crippen LogP contribution in [0.25, 0.3) is 0 Å². The highest BCUT2D eigenvalue weighted by atomic mass is 16.5. The van der Waals surface area contributed by atoms with Crippen LogP contribution >= 0.6 is 0 Å². The standard InChI is InChI=1S/C16H22N2O3/c1-16(13-5-3-2-4-6-13)12-18(8-10-21-16)15(19)14-11-20-9-7-17-14/h2-6,14,17H,7-12H2,1H3/t14-,16-/m1/s1. The minimum atomic E-state index is -0.440. The van der Waals surface area contributed by atoms with Gasteiger partial charge in [-0.2, -0.15) is 0 Å². The van der Waals surface area contributed by atoms with Gasteiger partial charge in [0.15, 0.2) is 0 Å². The fourth-order valence-corrected chi connectivity index (χ4v) is 2.97. The molecule has 5 heteroatoms. The number of morpholine rings is 2. The molecule has 21 heavy (non-hydrogen) atoms. The van der Waals surface area contributed by atoms with Gasteiger partial charge in [-0.25, -0.2) is 0 Å². The van der Waals surface area contributed by atoms with Crippen molar-refractivity contribution in [2.45, 2.75) is 18.6 Å². The second-order valence-electron chi connectivity index (χ2n) is 5.79. The molecular weight excluding hydrogens is 268 g/mol. The molecular formula is C16H22N2O3. The molecule has 1 amide bonds. The van der Waals surface area contributed by atoms with E-state index in [-0.39, 0.29) is 11.9 Å². The van der Waals surface area contributed by atoms with Gasteiger partial charge in [0.25, 0.3) is 0 Å². The van der Waals surface area contributed by atoms with Crippen molar-refractivity contribution >= 4 is 5.91 Å². The third-order valence-electron chi connectivity index (χ3n) is 4.19. The highest BCUT2D eigenvalue weighted by Gasteiger charge is 2.37. The molecule has 2 aliphatic rings. The van der Waals surface area contributed by atoms with Crippen LogP contribution in [0.5, 0.6) is 0 Å². The van der Waals surface area contributed by atoms with Crippen molar-refractivity contribution in [2.75, 3.05) is 39.5 Å². The molecule has 1 aromatic carbocycles. The van der Waals surface area contributed by atoms with Crippen LogP contribution in [0.15, 0.2) is 30.3 Å². The van der Waals surface area contributed by atoms with Gasteiger partial charge < -0.3 is 19.7 Å². The van der Waals surface area contributed by atoms with Crippen LogP contribution in [-0.4, -0.2) is 56.3 Å². The maximum Gasteiger partial charge on any atom is 0.242 e. The molecule has 0 radical (unpaired) electrons. The van der Waals surface area contributed by atoms with Crippen LogP contribution in [0.1, 0.15) is 12.5 Å². The summed E-state index contributed by atoms with van der Waals surface area (Å²) in [6, 6.07) is 9.87. The minimum absolute atomic E-state index is 0.111. The summed E-state index contributed by atoms with van der Waals surface area (Å²) in [5.41, 5.74) is 0.667. The third kappa shape index (κ3) is 3.10. The quantitative estimate of drug-likeness (QED) is 0.873. The molecule has 3 rings (SSSR count). The maximum atomic E-state index is 12.6. The molecule has 0 saturated carbocycles. The summed E-state index contributed by atoms with van der Waals surface area (Å²) in [6.07, 6.45) is 0. The molecule has 0 unspecified atom stereocenters. The van der Waals surface area contributed by atoms with Crippen molar-refractivity contribution < 1.29 is 14.3 Å². The predicted molar refractivity (Wildman–Crippen MR) is 78.9 cm³/mol. The first-order chi connectivity index (χ1) is 10.2. The lowest BCUT2D eigenvalue weighted by Crippen LogP contribution is -2.58. The Morgan fingerprint density at radius 2 is 2.14 bits per heavy atom. The highest BCUT2D eigenvalue weighted by Crippen LogP contribution is 2.29. The van der Waals surface area contributed by atoms with Crippen molar-refractivity contribution in [2.24, 2.45) is 0 Å². The molecule has 1 N–H and O–H groups in total. The zero-order valence-corrected chi connectivity index (χ0v) is 12.4. The average Bonchev–Trinajstić information content (AvgIpc) is 2.56. The lowest BCUT2D eigenvalue weighted by atomic mass is 9.93. The van der Waals surface area contributed by atoms with Crippen LogP contribution in [0, 0.1) is 0 Å². The molecule has 2 heterocycles. The van der Waals surface area contributed by atoms with E-state index in [0.29, 0.717) is 32.9 Å². The van der Waals surface area contributed by atoms with Gasteiger partial charge in [-0.3, -0.25) is 4.79 Å². The van der Waals surface area contributed by atoms with Gasteiger partial charge in [0.2, 0.25) is 5.91 Å². The second-order valence-corrected chi connectivity index (χ2v) is 5.79. The second kappa shape index (κ2) is 6.13. The number of nitrogens with one attached hydrogen (secondary N) is 1. The van der Waals surface area contributed by atoms with E-state index in [1.807, 2.05) is 30.0 Å². The number of benzene rings is 1. The van der Waals surface area contributed by atoms with E-state index in [1.54, 1.807) is 0 Å². The Labute approximate surface area is 125 Å². The highest BCUT2D eigenvalue weighted by molar-refractivity contribution is 5.82. The van der Waals surface area contributed by atoms with Gasteiger partial charge in [-0.05, 0) is 12.5 Å². The van der Waals surface area contributed by atoms with Gasteiger partial charge in [-0.15, -0.1) is 0 Å². The number of hydrogen-bond acceptors (Lipinski definition) is 4. The fourth-order valence-electron chi connectivity index (χ4n) is 2.97. The summed E-state index contributed by atoms with van der Waals surface area (Å²) in [7, 11) is 0. The largest absolute Gasteiger partial charge is 0.378 e. The summed E-state index contributed by atoms with van der Waals surface area (Å²) in [4.78, 5) is 14.5. The molecule has 5 nitrogen and oxygen atoms in total. The number of hydrogen-bond donors (Lipinski definition) is 1. The zero-order chi connectivity index (χ0) is 14.7. The normalized spacial score (nSPS) is 30.1. The molecule has 2 atom stereocenters. The first-order valence-corrected chi connectivity index (χ1v) is 7.48. The Balaban J connectivity index is 1.72. The molecule has 0 spiro atoms. The Kier molecular flexibility index (Phi) is 4.24. The number of carbonyl (C=O) groups is 1. The number of ether oxygens (including phenoxy) is 2. The summed E-state index contributed by atoms with van der Waals surface area (Å²) in [5, 5.41) is 3.23. The SMILES string of the molecule is C[C@]1(c2ccccc2)CN(C(=O)[C@H]2COCCN2)CCO1.